The van der Waals surface area contributed by atoms with Crippen LogP contribution in [0, 0.1) is 10.1 Å². The molecule has 0 saturated carbocycles. The van der Waals surface area contributed by atoms with Gasteiger partial charge in [0.25, 0.3) is 5.69 Å². The van der Waals surface area contributed by atoms with Gasteiger partial charge in [0.2, 0.25) is 6.79 Å². The number of rotatable bonds is 11. The first kappa shape index (κ1) is 21.9. The highest BCUT2D eigenvalue weighted by Gasteiger charge is 2.25. The number of fused-ring (bicyclic) bond motifs is 1. The molecule has 0 spiro atoms. The Balaban J connectivity index is 1.43. The van der Waals surface area contributed by atoms with E-state index in [0.29, 0.717) is 23.7 Å². The first-order chi connectivity index (χ1) is 14.5. The summed E-state index contributed by atoms with van der Waals surface area (Å²) in [5.74, 6) is 1.35. The van der Waals surface area contributed by atoms with E-state index >= 15 is 0 Å². The summed E-state index contributed by atoms with van der Waals surface area (Å²) in [5, 5.41) is 42.5. The Morgan fingerprint density at radius 2 is 1.87 bits per heavy atom. The van der Waals surface area contributed by atoms with Gasteiger partial charge in [-0.15, -0.1) is 0 Å². The van der Waals surface area contributed by atoms with E-state index in [2.05, 4.69) is 0 Å². The van der Waals surface area contributed by atoms with Crippen LogP contribution in [-0.4, -0.2) is 58.9 Å². The van der Waals surface area contributed by atoms with Crippen molar-refractivity contribution in [1.82, 2.24) is 0 Å². The van der Waals surface area contributed by atoms with Crippen LogP contribution in [0.5, 0.6) is 11.5 Å². The van der Waals surface area contributed by atoms with Gasteiger partial charge in [-0.3, -0.25) is 10.1 Å². The Kier molecular flexibility index (Phi) is 7.55. The Labute approximate surface area is 172 Å². The summed E-state index contributed by atoms with van der Waals surface area (Å²) >= 11 is 0. The third-order valence-corrected chi connectivity index (χ3v) is 4.79. The zero-order valence-corrected chi connectivity index (χ0v) is 16.2. The first-order valence-corrected chi connectivity index (χ1v) is 9.49. The van der Waals surface area contributed by atoms with Gasteiger partial charge in [0.1, 0.15) is 24.8 Å². The molecular formula is C20H25N2O8+. The largest absolute Gasteiger partial charge is 0.454 e. The van der Waals surface area contributed by atoms with Crippen molar-refractivity contribution in [2.45, 2.75) is 24.9 Å². The van der Waals surface area contributed by atoms with E-state index in [1.807, 2.05) is 12.1 Å². The topological polar surface area (TPSA) is 148 Å². The molecule has 1 heterocycles. The van der Waals surface area contributed by atoms with E-state index in [-0.39, 0.29) is 32.2 Å². The van der Waals surface area contributed by atoms with Crippen LogP contribution in [0.2, 0.25) is 0 Å². The van der Waals surface area contributed by atoms with Crippen molar-refractivity contribution in [3.8, 4) is 11.5 Å². The van der Waals surface area contributed by atoms with Crippen molar-refractivity contribution >= 4 is 5.69 Å². The van der Waals surface area contributed by atoms with Gasteiger partial charge in [-0.25, -0.2) is 0 Å². The fourth-order valence-electron chi connectivity index (χ4n) is 3.09. The molecule has 2 aromatic carbocycles. The van der Waals surface area contributed by atoms with Gasteiger partial charge in [0.05, 0.1) is 24.7 Å². The van der Waals surface area contributed by atoms with Crippen LogP contribution in [-0.2, 0) is 11.3 Å². The van der Waals surface area contributed by atoms with Crippen LogP contribution >= 0.6 is 0 Å². The average Bonchev–Trinajstić information content (AvgIpc) is 3.22. The molecule has 30 heavy (non-hydrogen) atoms. The second kappa shape index (κ2) is 10.3. The van der Waals surface area contributed by atoms with Gasteiger partial charge in [0, 0.05) is 12.1 Å². The SMILES string of the molecule is O=[N+]([O-])c1ccc(C(O)C(CO)[NH2+]CC(O)COCc2ccc3c(c2)OCO3)cc1. The second-order valence-corrected chi connectivity index (χ2v) is 6.97. The molecule has 0 saturated heterocycles. The predicted octanol–water partition coefficient (Wildman–Crippen LogP) is -0.141. The van der Waals surface area contributed by atoms with Crippen LogP contribution in [0.15, 0.2) is 42.5 Å². The number of nitro groups is 1. The molecule has 3 rings (SSSR count). The molecule has 3 atom stereocenters. The van der Waals surface area contributed by atoms with Crippen molar-refractivity contribution in [3.05, 3.63) is 63.7 Å². The smallest absolute Gasteiger partial charge is 0.269 e. The highest BCUT2D eigenvalue weighted by atomic mass is 16.7. The van der Waals surface area contributed by atoms with E-state index in [1.54, 1.807) is 11.4 Å². The summed E-state index contributed by atoms with van der Waals surface area (Å²) in [6, 6.07) is 10.3. The number of aliphatic hydroxyl groups excluding tert-OH is 3. The van der Waals surface area contributed by atoms with Crippen molar-refractivity contribution in [2.24, 2.45) is 0 Å². The maximum Gasteiger partial charge on any atom is 0.269 e. The highest BCUT2D eigenvalue weighted by Crippen LogP contribution is 2.32. The Morgan fingerprint density at radius 1 is 1.13 bits per heavy atom. The standard InChI is InChI=1S/C20H24N2O8/c23-9-17(20(25)14-2-4-15(5-3-14)22(26)27)21-8-16(24)11-28-10-13-1-6-18-19(7-13)30-12-29-18/h1-7,16-17,20-21,23-25H,8-12H2/p+1. The lowest BCUT2D eigenvalue weighted by Gasteiger charge is -2.21. The molecule has 0 fully saturated rings. The maximum atomic E-state index is 10.7. The number of benzene rings is 2. The lowest BCUT2D eigenvalue weighted by atomic mass is 10.0. The molecule has 1 aliphatic rings. The molecule has 0 radical (unpaired) electrons. The Hall–Kier alpha value is -2.76. The molecular weight excluding hydrogens is 396 g/mol. The fraction of sp³-hybridized carbons (Fsp3) is 0.400. The van der Waals surface area contributed by atoms with E-state index in [0.717, 1.165) is 5.56 Å². The summed E-state index contributed by atoms with van der Waals surface area (Å²) < 4.78 is 16.1. The molecule has 162 valence electrons. The quantitative estimate of drug-likeness (QED) is 0.289. The van der Waals surface area contributed by atoms with Crippen LogP contribution in [0.25, 0.3) is 0 Å². The van der Waals surface area contributed by atoms with Gasteiger partial charge in [-0.2, -0.15) is 0 Å². The number of hydrogen-bond acceptors (Lipinski definition) is 8. The molecule has 2 aromatic rings. The molecule has 0 aromatic heterocycles. The summed E-state index contributed by atoms with van der Waals surface area (Å²) in [4.78, 5) is 10.2. The zero-order valence-electron chi connectivity index (χ0n) is 16.2. The van der Waals surface area contributed by atoms with Gasteiger partial charge in [-0.1, -0.05) is 6.07 Å². The normalized spacial score (nSPS) is 15.6. The van der Waals surface area contributed by atoms with Crippen LogP contribution in [0.4, 0.5) is 5.69 Å². The Bertz CT molecular complexity index is 845. The number of hydrogen-bond donors (Lipinski definition) is 4. The summed E-state index contributed by atoms with van der Waals surface area (Å²) in [6.07, 6.45) is -1.85. The number of nitro benzene ring substituents is 1. The van der Waals surface area contributed by atoms with Crippen molar-refractivity contribution in [1.29, 1.82) is 0 Å². The predicted molar refractivity (Wildman–Crippen MR) is 104 cm³/mol. The lowest BCUT2D eigenvalue weighted by Crippen LogP contribution is -2.94. The van der Waals surface area contributed by atoms with Gasteiger partial charge < -0.3 is 34.8 Å². The van der Waals surface area contributed by atoms with E-state index in [4.69, 9.17) is 14.2 Å². The van der Waals surface area contributed by atoms with Crippen LogP contribution in [0.3, 0.4) is 0 Å². The summed E-state index contributed by atoms with van der Waals surface area (Å²) in [6.45, 7) is 0.449. The second-order valence-electron chi connectivity index (χ2n) is 6.97. The van der Waals surface area contributed by atoms with Gasteiger partial charge in [-0.05, 0) is 35.4 Å². The molecule has 3 unspecified atom stereocenters. The lowest BCUT2D eigenvalue weighted by molar-refractivity contribution is -0.704. The minimum atomic E-state index is -1.04. The first-order valence-electron chi connectivity index (χ1n) is 9.49. The number of nitrogens with zero attached hydrogens (tertiary/aromatic N) is 1. The molecule has 0 aliphatic carbocycles. The Morgan fingerprint density at radius 3 is 2.57 bits per heavy atom. The number of ether oxygens (including phenoxy) is 3. The number of non-ortho nitro benzene ring substituents is 1. The molecule has 1 aliphatic heterocycles. The molecule has 0 bridgehead atoms. The van der Waals surface area contributed by atoms with E-state index in [1.165, 1.54) is 24.3 Å². The zero-order chi connectivity index (χ0) is 21.5. The van der Waals surface area contributed by atoms with Crippen molar-refractivity contribution in [2.75, 3.05) is 26.6 Å². The minimum Gasteiger partial charge on any atom is -0.454 e. The van der Waals surface area contributed by atoms with Crippen LogP contribution < -0.4 is 14.8 Å². The van der Waals surface area contributed by atoms with Gasteiger partial charge in [0.15, 0.2) is 11.5 Å². The minimum absolute atomic E-state index is 0.0782. The fourth-order valence-corrected chi connectivity index (χ4v) is 3.09. The molecule has 0 amide bonds. The summed E-state index contributed by atoms with van der Waals surface area (Å²) in [5.41, 5.74) is 1.26. The number of aliphatic hydroxyl groups is 3. The van der Waals surface area contributed by atoms with Gasteiger partial charge >= 0.3 is 0 Å². The molecule has 10 nitrogen and oxygen atoms in total. The third kappa shape index (κ3) is 5.65. The number of nitrogens with two attached hydrogens (primary N) is 1. The van der Waals surface area contributed by atoms with E-state index in [9.17, 15) is 25.4 Å². The summed E-state index contributed by atoms with van der Waals surface area (Å²) in [7, 11) is 0. The van der Waals surface area contributed by atoms with Crippen LogP contribution in [0.1, 0.15) is 17.2 Å². The average molecular weight is 421 g/mol. The monoisotopic (exact) mass is 421 g/mol. The maximum absolute atomic E-state index is 10.7. The molecule has 5 N–H and O–H groups in total. The van der Waals surface area contributed by atoms with Crippen molar-refractivity contribution < 1.29 is 39.8 Å². The van der Waals surface area contributed by atoms with E-state index < -0.39 is 23.2 Å². The van der Waals surface area contributed by atoms with Crippen molar-refractivity contribution in [3.63, 3.8) is 0 Å². The molecule has 10 heteroatoms. The third-order valence-electron chi connectivity index (χ3n) is 4.79. The number of quaternary nitrogens is 1. The highest BCUT2D eigenvalue weighted by molar-refractivity contribution is 5.44.